The zero-order valence-corrected chi connectivity index (χ0v) is 15.7. The molecule has 6 nitrogen and oxygen atoms in total. The molecule has 1 fully saturated rings. The number of aromatic hydroxyl groups is 1. The Kier molecular flexibility index (Phi) is 5.56. The number of anilines is 1. The van der Waals surface area contributed by atoms with Gasteiger partial charge in [-0.05, 0) is 43.5 Å². The quantitative estimate of drug-likeness (QED) is 0.770. The van der Waals surface area contributed by atoms with Crippen molar-refractivity contribution in [2.24, 2.45) is 0 Å². The van der Waals surface area contributed by atoms with Gasteiger partial charge in [-0.3, -0.25) is 9.69 Å². The van der Waals surface area contributed by atoms with E-state index in [2.05, 4.69) is 5.32 Å². The van der Waals surface area contributed by atoms with E-state index in [4.69, 9.17) is 16.3 Å². The van der Waals surface area contributed by atoms with Crippen molar-refractivity contribution in [3.05, 3.63) is 59.1 Å². The van der Waals surface area contributed by atoms with Crippen LogP contribution in [0.5, 0.6) is 5.75 Å². The summed E-state index contributed by atoms with van der Waals surface area (Å²) in [7, 11) is 0. The predicted octanol–water partition coefficient (Wildman–Crippen LogP) is 4.18. The number of benzene rings is 2. The number of halogens is 1. The molecular weight excluding hydrogens is 368 g/mol. The van der Waals surface area contributed by atoms with Crippen LogP contribution in [0.2, 0.25) is 5.02 Å². The highest BCUT2D eigenvalue weighted by molar-refractivity contribution is 6.31. The minimum absolute atomic E-state index is 0.0902. The first-order chi connectivity index (χ1) is 12.9. The first kappa shape index (κ1) is 19.0. The smallest absolute Gasteiger partial charge is 0.410 e. The predicted molar refractivity (Wildman–Crippen MR) is 103 cm³/mol. The Bertz CT molecular complexity index is 843. The van der Waals surface area contributed by atoms with Gasteiger partial charge in [0.2, 0.25) is 5.91 Å². The third kappa shape index (κ3) is 4.17. The maximum Gasteiger partial charge on any atom is 0.410 e. The molecule has 27 heavy (non-hydrogen) atoms. The summed E-state index contributed by atoms with van der Waals surface area (Å²) in [5.74, 6) is -0.484. The highest BCUT2D eigenvalue weighted by Gasteiger charge is 2.46. The molecule has 2 amide bonds. The van der Waals surface area contributed by atoms with Crippen LogP contribution in [0, 0.1) is 0 Å². The summed E-state index contributed by atoms with van der Waals surface area (Å²) in [4.78, 5) is 26.9. The van der Waals surface area contributed by atoms with Gasteiger partial charge in [0, 0.05) is 11.6 Å². The zero-order valence-electron chi connectivity index (χ0n) is 14.9. The number of hydrogen-bond donors (Lipinski definition) is 2. The SMILES string of the molecule is CC1(C(=O)Nc2cc(Cl)ccc2O)CCCN1C(=O)OCc1ccccc1. The van der Waals surface area contributed by atoms with E-state index in [0.29, 0.717) is 24.4 Å². The Morgan fingerprint density at radius 3 is 2.74 bits per heavy atom. The lowest BCUT2D eigenvalue weighted by atomic mass is 9.97. The van der Waals surface area contributed by atoms with E-state index in [1.165, 1.54) is 23.1 Å². The number of amides is 2. The van der Waals surface area contributed by atoms with Crippen molar-refractivity contribution in [3.63, 3.8) is 0 Å². The molecule has 2 aromatic carbocycles. The van der Waals surface area contributed by atoms with Gasteiger partial charge < -0.3 is 15.2 Å². The zero-order chi connectivity index (χ0) is 19.4. The Balaban J connectivity index is 1.70. The van der Waals surface area contributed by atoms with Crippen molar-refractivity contribution < 1.29 is 19.4 Å². The van der Waals surface area contributed by atoms with Crippen LogP contribution in [0.1, 0.15) is 25.3 Å². The third-order valence-electron chi connectivity index (χ3n) is 4.76. The molecule has 1 aliphatic heterocycles. The van der Waals surface area contributed by atoms with Crippen LogP contribution < -0.4 is 5.32 Å². The lowest BCUT2D eigenvalue weighted by Gasteiger charge is -2.33. The number of rotatable bonds is 4. The summed E-state index contributed by atoms with van der Waals surface area (Å²) >= 11 is 5.93. The molecule has 0 aromatic heterocycles. The molecule has 0 spiro atoms. The standard InChI is InChI=1S/C20H21ClN2O4/c1-20(18(25)22-16-12-15(21)8-9-17(16)24)10-5-11-23(20)19(26)27-13-14-6-3-2-4-7-14/h2-4,6-9,12,24H,5,10-11,13H2,1H3,(H,22,25). The van der Waals surface area contributed by atoms with Gasteiger partial charge in [0.25, 0.3) is 0 Å². The Morgan fingerprint density at radius 1 is 1.26 bits per heavy atom. The number of nitrogens with zero attached hydrogens (tertiary/aromatic N) is 1. The van der Waals surface area contributed by atoms with Gasteiger partial charge in [-0.2, -0.15) is 0 Å². The van der Waals surface area contributed by atoms with Crippen LogP contribution in [0.15, 0.2) is 48.5 Å². The number of carbonyl (C=O) groups excluding carboxylic acids is 2. The molecular formula is C20H21ClN2O4. The fraction of sp³-hybridized carbons (Fsp3) is 0.300. The lowest BCUT2D eigenvalue weighted by Crippen LogP contribution is -2.53. The van der Waals surface area contributed by atoms with Crippen LogP contribution >= 0.6 is 11.6 Å². The Labute approximate surface area is 162 Å². The minimum atomic E-state index is -1.07. The van der Waals surface area contributed by atoms with Crippen LogP contribution in [0.3, 0.4) is 0 Å². The molecule has 1 aliphatic rings. The fourth-order valence-electron chi connectivity index (χ4n) is 3.15. The molecule has 142 valence electrons. The van der Waals surface area contributed by atoms with Gasteiger partial charge >= 0.3 is 6.09 Å². The van der Waals surface area contributed by atoms with E-state index < -0.39 is 17.5 Å². The van der Waals surface area contributed by atoms with Crippen molar-refractivity contribution in [2.75, 3.05) is 11.9 Å². The van der Waals surface area contributed by atoms with Crippen molar-refractivity contribution in [1.29, 1.82) is 0 Å². The number of ether oxygens (including phenoxy) is 1. The Hall–Kier alpha value is -2.73. The highest BCUT2D eigenvalue weighted by Crippen LogP contribution is 2.33. The molecule has 1 atom stereocenters. The molecule has 2 aromatic rings. The molecule has 7 heteroatoms. The summed E-state index contributed by atoms with van der Waals surface area (Å²) in [6, 6.07) is 13.7. The third-order valence-corrected chi connectivity index (χ3v) is 5.00. The largest absolute Gasteiger partial charge is 0.506 e. The number of carbonyl (C=O) groups is 2. The van der Waals surface area contributed by atoms with Crippen LogP contribution in [0.4, 0.5) is 10.5 Å². The van der Waals surface area contributed by atoms with E-state index in [9.17, 15) is 14.7 Å². The fourth-order valence-corrected chi connectivity index (χ4v) is 3.33. The molecule has 0 saturated carbocycles. The summed E-state index contributed by atoms with van der Waals surface area (Å²) < 4.78 is 5.39. The molecule has 0 aliphatic carbocycles. The van der Waals surface area contributed by atoms with E-state index in [1.54, 1.807) is 6.92 Å². The number of likely N-dealkylation sites (tertiary alicyclic amines) is 1. The van der Waals surface area contributed by atoms with Gasteiger partial charge in [-0.25, -0.2) is 4.79 Å². The Morgan fingerprint density at radius 2 is 2.00 bits per heavy atom. The van der Waals surface area contributed by atoms with Crippen molar-refractivity contribution in [2.45, 2.75) is 31.9 Å². The molecule has 1 heterocycles. The van der Waals surface area contributed by atoms with Crippen molar-refractivity contribution >= 4 is 29.3 Å². The maximum absolute atomic E-state index is 12.9. The van der Waals surface area contributed by atoms with E-state index in [-0.39, 0.29) is 18.0 Å². The van der Waals surface area contributed by atoms with Gasteiger partial charge in [0.1, 0.15) is 17.9 Å². The summed E-state index contributed by atoms with van der Waals surface area (Å²) in [6.45, 7) is 2.27. The molecule has 1 saturated heterocycles. The second kappa shape index (κ2) is 7.88. The van der Waals surface area contributed by atoms with Gasteiger partial charge in [-0.15, -0.1) is 0 Å². The average Bonchev–Trinajstić information content (AvgIpc) is 3.07. The molecule has 3 rings (SSSR count). The van der Waals surface area contributed by atoms with E-state index in [0.717, 1.165) is 5.56 Å². The molecule has 1 unspecified atom stereocenters. The minimum Gasteiger partial charge on any atom is -0.506 e. The second-order valence-electron chi connectivity index (χ2n) is 6.68. The average molecular weight is 389 g/mol. The van der Waals surface area contributed by atoms with Gasteiger partial charge in [-0.1, -0.05) is 41.9 Å². The van der Waals surface area contributed by atoms with E-state index in [1.807, 2.05) is 30.3 Å². The maximum atomic E-state index is 12.9. The van der Waals surface area contributed by atoms with Gasteiger partial charge in [0.15, 0.2) is 0 Å². The monoisotopic (exact) mass is 388 g/mol. The van der Waals surface area contributed by atoms with Crippen LogP contribution in [-0.2, 0) is 16.1 Å². The second-order valence-corrected chi connectivity index (χ2v) is 7.12. The topological polar surface area (TPSA) is 78.9 Å². The first-order valence-electron chi connectivity index (χ1n) is 8.68. The number of hydrogen-bond acceptors (Lipinski definition) is 4. The summed E-state index contributed by atoms with van der Waals surface area (Å²) in [5, 5.41) is 13.0. The van der Waals surface area contributed by atoms with E-state index >= 15 is 0 Å². The first-order valence-corrected chi connectivity index (χ1v) is 9.06. The van der Waals surface area contributed by atoms with Crippen LogP contribution in [0.25, 0.3) is 0 Å². The van der Waals surface area contributed by atoms with Crippen molar-refractivity contribution in [1.82, 2.24) is 4.90 Å². The highest BCUT2D eigenvalue weighted by atomic mass is 35.5. The van der Waals surface area contributed by atoms with Crippen molar-refractivity contribution in [3.8, 4) is 5.75 Å². The molecule has 0 radical (unpaired) electrons. The normalized spacial score (nSPS) is 19.0. The summed E-state index contributed by atoms with van der Waals surface area (Å²) in [5.41, 5.74) is 0.0148. The number of phenols is 1. The number of phenolic OH excluding ortho intramolecular Hbond substituents is 1. The van der Waals surface area contributed by atoms with Gasteiger partial charge in [0.05, 0.1) is 5.69 Å². The molecule has 0 bridgehead atoms. The molecule has 2 N–H and O–H groups in total. The summed E-state index contributed by atoms with van der Waals surface area (Å²) in [6.07, 6.45) is 0.649. The lowest BCUT2D eigenvalue weighted by molar-refractivity contribution is -0.125. The number of nitrogens with one attached hydrogen (secondary N) is 1. The van der Waals surface area contributed by atoms with Crippen LogP contribution in [-0.4, -0.2) is 34.1 Å².